The molecule has 0 aromatic carbocycles. The van der Waals surface area contributed by atoms with E-state index in [0.717, 1.165) is 11.4 Å². The number of rotatable bonds is 4. The number of carbonyl (C=O) groups excluding carboxylic acids is 3. The highest BCUT2D eigenvalue weighted by Gasteiger charge is 2.58. The van der Waals surface area contributed by atoms with Gasteiger partial charge in [-0.2, -0.15) is 0 Å². The summed E-state index contributed by atoms with van der Waals surface area (Å²) in [6.07, 6.45) is 5.12. The maximum Gasteiger partial charge on any atom is 0.233 e. The van der Waals surface area contributed by atoms with E-state index in [2.05, 4.69) is 27.7 Å². The number of anilines is 1. The van der Waals surface area contributed by atoms with Gasteiger partial charge in [0.1, 0.15) is 5.01 Å². The molecule has 1 aliphatic heterocycles. The second kappa shape index (κ2) is 5.23. The summed E-state index contributed by atoms with van der Waals surface area (Å²) >= 11 is 1.29. The molecule has 1 aromatic rings. The van der Waals surface area contributed by atoms with Crippen LogP contribution in [0.1, 0.15) is 17.8 Å². The quantitative estimate of drug-likeness (QED) is 0.655. The Hall–Kier alpha value is -2.09. The Morgan fingerprint density at radius 3 is 2.48 bits per heavy atom. The second-order valence-corrected chi connectivity index (χ2v) is 7.43. The van der Waals surface area contributed by atoms with Crippen LogP contribution in [0.2, 0.25) is 0 Å². The van der Waals surface area contributed by atoms with E-state index in [1.165, 1.54) is 16.2 Å². The average Bonchev–Trinajstić information content (AvgIpc) is 3.25. The van der Waals surface area contributed by atoms with Crippen LogP contribution in [-0.4, -0.2) is 39.4 Å². The molecule has 8 heteroatoms. The van der Waals surface area contributed by atoms with Crippen molar-refractivity contribution in [1.82, 2.24) is 15.1 Å². The minimum absolute atomic E-state index is 0.0817. The van der Waals surface area contributed by atoms with Crippen LogP contribution in [0.25, 0.3) is 0 Å². The number of hydrogen-bond acceptors (Lipinski definition) is 6. The molecular formula is C15H16N4O3S. The molecule has 3 amide bonds. The van der Waals surface area contributed by atoms with E-state index in [4.69, 9.17) is 0 Å². The number of nitrogens with one attached hydrogen (secondary N) is 1. The largest absolute Gasteiger partial charge is 0.300 e. The van der Waals surface area contributed by atoms with Gasteiger partial charge < -0.3 is 5.32 Å². The van der Waals surface area contributed by atoms with Gasteiger partial charge in [0.15, 0.2) is 0 Å². The van der Waals surface area contributed by atoms with Gasteiger partial charge in [0.05, 0.1) is 11.8 Å². The average molecular weight is 332 g/mol. The maximum absolute atomic E-state index is 12.5. The number of hydrogen-bond donors (Lipinski definition) is 1. The van der Waals surface area contributed by atoms with E-state index in [9.17, 15) is 14.4 Å². The lowest BCUT2D eigenvalue weighted by Crippen LogP contribution is -2.35. The standard InChI is InChI=1S/C15H16N4O3S/c1-7-17-18-15(23-7)16-10(20)4-5-19-13(21)11-8-2-3-9(6-8)12(11)14(19)22/h2-3,8-9,11-12H,4-6H2,1H3,(H,16,18,20)/t8-,9-,11+,12+/m0/s1. The summed E-state index contributed by atoms with van der Waals surface area (Å²) in [5.41, 5.74) is 0. The fraction of sp³-hybridized carbons (Fsp3) is 0.533. The second-order valence-electron chi connectivity index (χ2n) is 6.25. The van der Waals surface area contributed by atoms with Gasteiger partial charge in [-0.3, -0.25) is 19.3 Å². The molecule has 4 rings (SSSR count). The Morgan fingerprint density at radius 1 is 1.26 bits per heavy atom. The molecule has 1 N–H and O–H groups in total. The highest BCUT2D eigenvalue weighted by atomic mass is 32.1. The molecule has 0 radical (unpaired) electrons. The van der Waals surface area contributed by atoms with Gasteiger partial charge in [-0.25, -0.2) is 0 Å². The van der Waals surface area contributed by atoms with Gasteiger partial charge in [0, 0.05) is 13.0 Å². The van der Waals surface area contributed by atoms with Crippen molar-refractivity contribution in [3.8, 4) is 0 Å². The van der Waals surface area contributed by atoms with Crippen LogP contribution in [-0.2, 0) is 14.4 Å². The number of carbonyl (C=O) groups is 3. The summed E-state index contributed by atoms with van der Waals surface area (Å²) in [6.45, 7) is 1.93. The third-order valence-electron chi connectivity index (χ3n) is 4.90. The summed E-state index contributed by atoms with van der Waals surface area (Å²) in [5, 5.41) is 11.5. The smallest absolute Gasteiger partial charge is 0.233 e. The molecule has 1 saturated carbocycles. The van der Waals surface area contributed by atoms with Gasteiger partial charge in [-0.1, -0.05) is 23.5 Å². The Labute approximate surface area is 136 Å². The van der Waals surface area contributed by atoms with Crippen LogP contribution >= 0.6 is 11.3 Å². The highest BCUT2D eigenvalue weighted by Crippen LogP contribution is 2.52. The first kappa shape index (κ1) is 14.5. The fourth-order valence-electron chi connectivity index (χ4n) is 3.93. The van der Waals surface area contributed by atoms with Gasteiger partial charge in [-0.05, 0) is 25.2 Å². The monoisotopic (exact) mass is 332 g/mol. The van der Waals surface area contributed by atoms with Gasteiger partial charge in [-0.15, -0.1) is 10.2 Å². The first-order valence-corrected chi connectivity index (χ1v) is 8.50. The number of nitrogens with zero attached hydrogens (tertiary/aromatic N) is 3. The van der Waals surface area contributed by atoms with E-state index in [0.29, 0.717) is 5.13 Å². The van der Waals surface area contributed by atoms with E-state index < -0.39 is 0 Å². The molecule has 1 aromatic heterocycles. The SMILES string of the molecule is Cc1nnc(NC(=O)CCN2C(=O)[C@H]3[C@H](C2=O)[C@H]2C=C[C@H]3C2)s1. The highest BCUT2D eigenvalue weighted by molar-refractivity contribution is 7.15. The number of aryl methyl sites for hydroxylation is 1. The van der Waals surface area contributed by atoms with E-state index in [-0.39, 0.29) is 54.4 Å². The van der Waals surface area contributed by atoms with Gasteiger partial charge >= 0.3 is 0 Å². The molecule has 2 aliphatic carbocycles. The number of fused-ring (bicyclic) bond motifs is 5. The van der Waals surface area contributed by atoms with Crippen LogP contribution in [0.4, 0.5) is 5.13 Å². The third kappa shape index (κ3) is 2.28. The number of amides is 3. The molecule has 2 heterocycles. The lowest BCUT2D eigenvalue weighted by Gasteiger charge is -2.16. The zero-order valence-electron chi connectivity index (χ0n) is 12.6. The van der Waals surface area contributed by atoms with Crippen molar-refractivity contribution in [2.45, 2.75) is 19.8 Å². The van der Waals surface area contributed by atoms with Crippen molar-refractivity contribution in [2.75, 3.05) is 11.9 Å². The predicted molar refractivity (Wildman–Crippen MR) is 82.3 cm³/mol. The number of allylic oxidation sites excluding steroid dienone is 2. The maximum atomic E-state index is 12.5. The Kier molecular flexibility index (Phi) is 3.29. The van der Waals surface area contributed by atoms with Crippen molar-refractivity contribution < 1.29 is 14.4 Å². The van der Waals surface area contributed by atoms with Crippen molar-refractivity contribution in [2.24, 2.45) is 23.7 Å². The number of likely N-dealkylation sites (tertiary alicyclic amines) is 1. The van der Waals surface area contributed by atoms with E-state index >= 15 is 0 Å². The van der Waals surface area contributed by atoms with Crippen LogP contribution in [0.5, 0.6) is 0 Å². The first-order valence-electron chi connectivity index (χ1n) is 7.68. The molecule has 3 aliphatic rings. The van der Waals surface area contributed by atoms with Gasteiger partial charge in [0.25, 0.3) is 0 Å². The zero-order chi connectivity index (χ0) is 16.1. The number of aromatic nitrogens is 2. The Balaban J connectivity index is 1.37. The van der Waals surface area contributed by atoms with Gasteiger partial charge in [0.2, 0.25) is 22.9 Å². The fourth-order valence-corrected chi connectivity index (χ4v) is 4.53. The molecular weight excluding hydrogens is 316 g/mol. The third-order valence-corrected chi connectivity index (χ3v) is 5.65. The molecule has 2 bridgehead atoms. The van der Waals surface area contributed by atoms with E-state index in [1.807, 2.05) is 0 Å². The molecule has 2 fully saturated rings. The number of imide groups is 1. The van der Waals surface area contributed by atoms with Crippen molar-refractivity contribution in [3.05, 3.63) is 17.2 Å². The molecule has 4 atom stereocenters. The molecule has 0 unspecified atom stereocenters. The topological polar surface area (TPSA) is 92.3 Å². The van der Waals surface area contributed by atoms with Crippen molar-refractivity contribution in [1.29, 1.82) is 0 Å². The van der Waals surface area contributed by atoms with Crippen molar-refractivity contribution in [3.63, 3.8) is 0 Å². The lowest BCUT2D eigenvalue weighted by molar-refractivity contribution is -0.140. The summed E-state index contributed by atoms with van der Waals surface area (Å²) in [6, 6.07) is 0. The molecule has 23 heavy (non-hydrogen) atoms. The predicted octanol–water partition coefficient (Wildman–Crippen LogP) is 0.982. The Morgan fingerprint density at radius 2 is 1.91 bits per heavy atom. The molecule has 120 valence electrons. The summed E-state index contributed by atoms with van der Waals surface area (Å²) in [7, 11) is 0. The van der Waals surface area contributed by atoms with E-state index in [1.54, 1.807) is 6.92 Å². The minimum Gasteiger partial charge on any atom is -0.300 e. The van der Waals surface area contributed by atoms with Crippen LogP contribution in [0, 0.1) is 30.6 Å². The molecule has 7 nitrogen and oxygen atoms in total. The summed E-state index contributed by atoms with van der Waals surface area (Å²) in [5.74, 6) is -0.500. The van der Waals surface area contributed by atoms with Crippen LogP contribution < -0.4 is 5.32 Å². The van der Waals surface area contributed by atoms with Crippen LogP contribution in [0.15, 0.2) is 12.2 Å². The zero-order valence-corrected chi connectivity index (χ0v) is 13.4. The minimum atomic E-state index is -0.264. The van der Waals surface area contributed by atoms with Crippen LogP contribution in [0.3, 0.4) is 0 Å². The Bertz CT molecular complexity index is 698. The first-order chi connectivity index (χ1) is 11.0. The normalized spacial score (nSPS) is 31.1. The molecule has 0 spiro atoms. The summed E-state index contributed by atoms with van der Waals surface area (Å²) < 4.78 is 0. The lowest BCUT2D eigenvalue weighted by atomic mass is 9.85. The van der Waals surface area contributed by atoms with Crippen molar-refractivity contribution >= 4 is 34.2 Å². The molecule has 1 saturated heterocycles. The summed E-state index contributed by atoms with van der Waals surface area (Å²) in [4.78, 5) is 38.2.